The van der Waals surface area contributed by atoms with Gasteiger partial charge in [-0.25, -0.2) is 8.78 Å². The van der Waals surface area contributed by atoms with Crippen molar-refractivity contribution in [3.63, 3.8) is 0 Å². The normalized spacial score (nSPS) is 19.5. The maximum absolute atomic E-state index is 15.6. The van der Waals surface area contributed by atoms with Crippen LogP contribution in [0.2, 0.25) is 0 Å². The molecule has 6 nitrogen and oxygen atoms in total. The molecule has 3 aliphatic rings. The number of alkyl halides is 3. The number of benzene rings is 3. The van der Waals surface area contributed by atoms with E-state index in [0.29, 0.717) is 49.4 Å². The van der Waals surface area contributed by atoms with Gasteiger partial charge in [0.05, 0.1) is 25.2 Å². The minimum atomic E-state index is -4.56. The number of hydrogen-bond acceptors (Lipinski definition) is 5. The lowest BCUT2D eigenvalue weighted by molar-refractivity contribution is -0.151. The Bertz CT molecular complexity index is 1460. The van der Waals surface area contributed by atoms with Crippen molar-refractivity contribution in [1.29, 1.82) is 0 Å². The van der Waals surface area contributed by atoms with Crippen LogP contribution in [0.3, 0.4) is 0 Å². The lowest BCUT2D eigenvalue weighted by Gasteiger charge is -2.58. The van der Waals surface area contributed by atoms with Crippen molar-refractivity contribution in [2.45, 2.75) is 58.0 Å². The molecule has 0 aromatic heterocycles. The van der Waals surface area contributed by atoms with Gasteiger partial charge in [0.15, 0.2) is 0 Å². The summed E-state index contributed by atoms with van der Waals surface area (Å²) < 4.78 is 83.7. The molecule has 1 saturated heterocycles. The second kappa shape index (κ2) is 13.3. The van der Waals surface area contributed by atoms with E-state index in [1.807, 2.05) is 49.1 Å². The van der Waals surface area contributed by atoms with Gasteiger partial charge in [-0.05, 0) is 48.1 Å². The summed E-state index contributed by atoms with van der Waals surface area (Å²) in [4.78, 5) is 13.8. The van der Waals surface area contributed by atoms with E-state index in [2.05, 4.69) is 0 Å². The fraction of sp³-hybridized carbons (Fsp3) is 0.441. The summed E-state index contributed by atoms with van der Waals surface area (Å²) >= 11 is 0. The Labute approximate surface area is 259 Å². The van der Waals surface area contributed by atoms with E-state index in [1.165, 1.54) is 0 Å². The number of aliphatic carboxylic acids is 1. The van der Waals surface area contributed by atoms with E-state index in [0.717, 1.165) is 22.6 Å². The van der Waals surface area contributed by atoms with Crippen molar-refractivity contribution in [3.05, 3.63) is 94.6 Å². The first kappa shape index (κ1) is 32.7. The molecule has 0 radical (unpaired) electrons. The SMILES string of the molecule is CC.O=C(O)CN1CC2(CC(Oc3cc(F)c(C4c5ccc(OCc6ccccc6)cc5CCN4CC(F)(F)F)c(F)c3)C2)C1. The highest BCUT2D eigenvalue weighted by Gasteiger charge is 2.53. The first-order valence-electron chi connectivity index (χ1n) is 15.2. The van der Waals surface area contributed by atoms with Crippen LogP contribution in [0.1, 0.15) is 55.0 Å². The van der Waals surface area contributed by atoms with Gasteiger partial charge in [-0.3, -0.25) is 14.6 Å². The molecular formula is C34H37F5N2O4. The lowest BCUT2D eigenvalue weighted by Crippen LogP contribution is -2.65. The van der Waals surface area contributed by atoms with E-state index < -0.39 is 41.9 Å². The fourth-order valence-electron chi connectivity index (χ4n) is 6.76. The van der Waals surface area contributed by atoms with Crippen molar-refractivity contribution in [2.24, 2.45) is 5.41 Å². The van der Waals surface area contributed by atoms with Gasteiger partial charge in [0.1, 0.15) is 29.7 Å². The molecule has 1 unspecified atom stereocenters. The van der Waals surface area contributed by atoms with Gasteiger partial charge in [0.25, 0.3) is 0 Å². The van der Waals surface area contributed by atoms with Crippen LogP contribution in [0.5, 0.6) is 11.5 Å². The highest BCUT2D eigenvalue weighted by molar-refractivity contribution is 5.69. The molecule has 2 fully saturated rings. The van der Waals surface area contributed by atoms with Gasteiger partial charge in [0.2, 0.25) is 0 Å². The Morgan fingerprint density at radius 3 is 2.27 bits per heavy atom. The van der Waals surface area contributed by atoms with Crippen LogP contribution >= 0.6 is 0 Å². The third-order valence-corrected chi connectivity index (χ3v) is 8.50. The molecule has 0 bridgehead atoms. The van der Waals surface area contributed by atoms with Crippen LogP contribution in [0.15, 0.2) is 60.7 Å². The van der Waals surface area contributed by atoms with E-state index in [1.54, 1.807) is 18.2 Å². The molecule has 2 heterocycles. The number of carbonyl (C=O) groups is 1. The van der Waals surface area contributed by atoms with Crippen LogP contribution in [-0.4, -0.2) is 65.9 Å². The van der Waals surface area contributed by atoms with Gasteiger partial charge in [-0.1, -0.05) is 50.2 Å². The van der Waals surface area contributed by atoms with Crippen molar-refractivity contribution in [1.82, 2.24) is 9.80 Å². The van der Waals surface area contributed by atoms with E-state index >= 15 is 8.78 Å². The van der Waals surface area contributed by atoms with E-state index in [9.17, 15) is 18.0 Å². The van der Waals surface area contributed by atoms with Crippen LogP contribution in [-0.2, 0) is 17.8 Å². The zero-order valence-electron chi connectivity index (χ0n) is 25.2. The minimum absolute atomic E-state index is 0.0246. The third kappa shape index (κ3) is 7.58. The zero-order valence-corrected chi connectivity index (χ0v) is 25.2. The molecule has 3 aromatic rings. The molecule has 6 rings (SSSR count). The Morgan fingerprint density at radius 2 is 1.64 bits per heavy atom. The van der Waals surface area contributed by atoms with Crippen molar-refractivity contribution >= 4 is 5.97 Å². The summed E-state index contributed by atoms with van der Waals surface area (Å²) in [6, 6.07) is 15.2. The summed E-state index contributed by atoms with van der Waals surface area (Å²) in [5, 5.41) is 8.92. The van der Waals surface area contributed by atoms with E-state index in [4.69, 9.17) is 14.6 Å². The topological polar surface area (TPSA) is 62.2 Å². The molecule has 242 valence electrons. The summed E-state index contributed by atoms with van der Waals surface area (Å²) in [5.41, 5.74) is 1.52. The minimum Gasteiger partial charge on any atom is -0.490 e. The summed E-state index contributed by atoms with van der Waals surface area (Å²) in [6.45, 7) is 4.19. The first-order valence-corrected chi connectivity index (χ1v) is 15.2. The molecule has 11 heteroatoms. The van der Waals surface area contributed by atoms with Crippen LogP contribution < -0.4 is 9.47 Å². The molecule has 1 saturated carbocycles. The van der Waals surface area contributed by atoms with E-state index in [-0.39, 0.29) is 36.8 Å². The Morgan fingerprint density at radius 1 is 0.978 bits per heavy atom. The van der Waals surface area contributed by atoms with Crippen LogP contribution in [0, 0.1) is 17.0 Å². The second-order valence-electron chi connectivity index (χ2n) is 11.9. The number of likely N-dealkylation sites (tertiary alicyclic amines) is 1. The molecule has 45 heavy (non-hydrogen) atoms. The molecule has 1 aliphatic carbocycles. The number of nitrogens with zero attached hydrogens (tertiary/aromatic N) is 2. The summed E-state index contributed by atoms with van der Waals surface area (Å²) in [5.74, 6) is -2.35. The van der Waals surface area contributed by atoms with Crippen LogP contribution in [0.4, 0.5) is 22.0 Å². The zero-order chi connectivity index (χ0) is 32.4. The monoisotopic (exact) mass is 632 g/mol. The lowest BCUT2D eigenvalue weighted by atomic mass is 9.62. The molecule has 1 atom stereocenters. The van der Waals surface area contributed by atoms with Gasteiger partial charge in [-0.2, -0.15) is 13.2 Å². The number of fused-ring (bicyclic) bond motifs is 1. The number of carboxylic acid groups (broad SMARTS) is 1. The Balaban J connectivity index is 0.00000196. The van der Waals surface area contributed by atoms with Crippen molar-refractivity contribution in [3.8, 4) is 11.5 Å². The van der Waals surface area contributed by atoms with Gasteiger partial charge < -0.3 is 14.6 Å². The Kier molecular flexibility index (Phi) is 9.69. The molecule has 0 amide bonds. The first-order chi connectivity index (χ1) is 21.5. The average Bonchev–Trinajstić information content (AvgIpc) is 2.95. The average molecular weight is 633 g/mol. The quantitative estimate of drug-likeness (QED) is 0.256. The predicted molar refractivity (Wildman–Crippen MR) is 158 cm³/mol. The van der Waals surface area contributed by atoms with Gasteiger partial charge in [0, 0.05) is 42.7 Å². The van der Waals surface area contributed by atoms with Gasteiger partial charge >= 0.3 is 12.1 Å². The number of carboxylic acids is 1. The molecule has 1 spiro atoms. The van der Waals surface area contributed by atoms with Crippen molar-refractivity contribution < 1.29 is 41.3 Å². The smallest absolute Gasteiger partial charge is 0.401 e. The molecule has 1 N–H and O–H groups in total. The maximum atomic E-state index is 15.6. The number of hydrogen-bond donors (Lipinski definition) is 1. The molecule has 3 aromatic carbocycles. The van der Waals surface area contributed by atoms with Crippen molar-refractivity contribution in [2.75, 3.05) is 32.7 Å². The second-order valence-corrected chi connectivity index (χ2v) is 11.9. The summed E-state index contributed by atoms with van der Waals surface area (Å²) in [7, 11) is 0. The number of ether oxygens (including phenoxy) is 2. The molecular weight excluding hydrogens is 595 g/mol. The highest BCUT2D eigenvalue weighted by Crippen LogP contribution is 2.50. The molecule has 2 aliphatic heterocycles. The maximum Gasteiger partial charge on any atom is 0.401 e. The highest BCUT2D eigenvalue weighted by atomic mass is 19.4. The number of halogens is 5. The Hall–Kier alpha value is -3.70. The summed E-state index contributed by atoms with van der Waals surface area (Å²) in [6.07, 6.45) is -3.30. The van der Waals surface area contributed by atoms with Crippen LogP contribution in [0.25, 0.3) is 0 Å². The van der Waals surface area contributed by atoms with Gasteiger partial charge in [-0.15, -0.1) is 0 Å². The predicted octanol–water partition coefficient (Wildman–Crippen LogP) is 7.01. The number of rotatable bonds is 9. The standard InChI is InChI=1S/C32H31F5N2O4.C2H6/c33-26-11-23(43-24-13-31(14-24)17-38(18-31)15-28(40)41)12-27(34)29(26)30-25-7-6-22(42-16-20-4-2-1-3-5-20)10-21(25)8-9-39(30)19-32(35,36)37;1-2/h1-7,10-12,24,30H,8-9,13-19H2,(H,40,41);1-2H3. The largest absolute Gasteiger partial charge is 0.490 e. The third-order valence-electron chi connectivity index (χ3n) is 8.50. The fourth-order valence-corrected chi connectivity index (χ4v) is 6.76.